The standard InChI is InChI=1S/C13H16F2O.C13H11NO2/c14-13(15)8-6-12(7-9-13)16-10-11-4-2-1-3-5-11;15-14-12-6-8-13(9-7-12)16-10-11-4-2-1-3-5-11/h1-5,12H,6-10H2;1-9H,10H2. The van der Waals surface area contributed by atoms with E-state index in [1.54, 1.807) is 24.3 Å². The summed E-state index contributed by atoms with van der Waals surface area (Å²) < 4.78 is 36.9. The first-order valence-corrected chi connectivity index (χ1v) is 10.7. The molecule has 4 nitrogen and oxygen atoms in total. The van der Waals surface area contributed by atoms with Crippen molar-refractivity contribution in [2.75, 3.05) is 0 Å². The summed E-state index contributed by atoms with van der Waals surface area (Å²) in [7, 11) is 0. The molecule has 1 aliphatic rings. The van der Waals surface area contributed by atoms with Gasteiger partial charge < -0.3 is 9.47 Å². The zero-order valence-electron chi connectivity index (χ0n) is 17.8. The van der Waals surface area contributed by atoms with Crippen LogP contribution in [0.3, 0.4) is 0 Å². The molecule has 4 rings (SSSR count). The largest absolute Gasteiger partial charge is 0.489 e. The van der Waals surface area contributed by atoms with Crippen molar-refractivity contribution in [2.45, 2.75) is 50.9 Å². The Kier molecular flexibility index (Phi) is 8.87. The van der Waals surface area contributed by atoms with E-state index in [2.05, 4.69) is 5.18 Å². The monoisotopic (exact) mass is 439 g/mol. The molecule has 3 aromatic carbocycles. The van der Waals surface area contributed by atoms with E-state index in [9.17, 15) is 13.7 Å². The Hall–Kier alpha value is -3.12. The third kappa shape index (κ3) is 8.19. The molecule has 0 atom stereocenters. The molecular formula is C26H27F2NO3. The van der Waals surface area contributed by atoms with Crippen molar-refractivity contribution < 1.29 is 18.3 Å². The maximum atomic E-state index is 12.9. The highest BCUT2D eigenvalue weighted by Crippen LogP contribution is 2.34. The molecule has 6 heteroatoms. The number of hydrogen-bond donors (Lipinski definition) is 0. The maximum Gasteiger partial charge on any atom is 0.248 e. The Morgan fingerprint density at radius 3 is 1.84 bits per heavy atom. The van der Waals surface area contributed by atoms with Crippen LogP contribution in [0.15, 0.2) is 90.1 Å². The summed E-state index contributed by atoms with van der Waals surface area (Å²) in [5, 5.41) is 2.82. The van der Waals surface area contributed by atoms with Crippen molar-refractivity contribution in [3.63, 3.8) is 0 Å². The summed E-state index contributed by atoms with van der Waals surface area (Å²) in [6.07, 6.45) is 0.873. The van der Waals surface area contributed by atoms with Gasteiger partial charge in [-0.15, -0.1) is 4.91 Å². The van der Waals surface area contributed by atoms with Crippen LogP contribution in [-0.4, -0.2) is 12.0 Å². The second kappa shape index (κ2) is 12.1. The molecule has 32 heavy (non-hydrogen) atoms. The van der Waals surface area contributed by atoms with Crippen LogP contribution in [0.4, 0.5) is 14.5 Å². The third-order valence-corrected chi connectivity index (χ3v) is 5.18. The molecule has 0 saturated heterocycles. The van der Waals surface area contributed by atoms with Crippen LogP contribution < -0.4 is 4.74 Å². The van der Waals surface area contributed by atoms with E-state index in [4.69, 9.17) is 9.47 Å². The summed E-state index contributed by atoms with van der Waals surface area (Å²) in [5.74, 6) is -1.73. The summed E-state index contributed by atoms with van der Waals surface area (Å²) in [5.41, 5.74) is 2.62. The second-order valence-corrected chi connectivity index (χ2v) is 7.71. The average Bonchev–Trinajstić information content (AvgIpc) is 2.84. The Labute approximate surface area is 187 Å². The Bertz CT molecular complexity index is 924. The van der Waals surface area contributed by atoms with Crippen molar-refractivity contribution in [3.05, 3.63) is 101 Å². The number of hydrogen-bond acceptors (Lipinski definition) is 4. The molecule has 0 unspecified atom stereocenters. The molecule has 0 N–H and O–H groups in total. The van der Waals surface area contributed by atoms with E-state index in [0.717, 1.165) is 16.9 Å². The van der Waals surface area contributed by atoms with Crippen molar-refractivity contribution in [1.82, 2.24) is 0 Å². The fraction of sp³-hybridized carbons (Fsp3) is 0.308. The van der Waals surface area contributed by atoms with Crippen LogP contribution >= 0.6 is 0 Å². The van der Waals surface area contributed by atoms with E-state index >= 15 is 0 Å². The molecule has 0 bridgehead atoms. The number of alkyl halides is 2. The van der Waals surface area contributed by atoms with Gasteiger partial charge in [-0.3, -0.25) is 0 Å². The number of benzene rings is 3. The van der Waals surface area contributed by atoms with Gasteiger partial charge in [-0.1, -0.05) is 60.7 Å². The number of ether oxygens (including phenoxy) is 2. The van der Waals surface area contributed by atoms with E-state index in [1.807, 2.05) is 60.7 Å². The normalized spacial score (nSPS) is 15.3. The highest BCUT2D eigenvalue weighted by molar-refractivity contribution is 5.40. The van der Waals surface area contributed by atoms with Crippen LogP contribution in [0.25, 0.3) is 0 Å². The molecule has 3 aromatic rings. The predicted octanol–water partition coefficient (Wildman–Crippen LogP) is 7.44. The molecule has 0 aliphatic heterocycles. The molecule has 1 saturated carbocycles. The molecule has 0 radical (unpaired) electrons. The van der Waals surface area contributed by atoms with Gasteiger partial charge in [0.2, 0.25) is 5.92 Å². The molecule has 168 valence electrons. The highest BCUT2D eigenvalue weighted by atomic mass is 19.3. The summed E-state index contributed by atoms with van der Waals surface area (Å²) >= 11 is 0. The lowest BCUT2D eigenvalue weighted by Gasteiger charge is -2.28. The molecule has 1 fully saturated rings. The van der Waals surface area contributed by atoms with Gasteiger partial charge in [0, 0.05) is 12.8 Å². The molecular weight excluding hydrogens is 412 g/mol. The fourth-order valence-electron chi connectivity index (χ4n) is 3.31. The topological polar surface area (TPSA) is 47.9 Å². The van der Waals surface area contributed by atoms with Gasteiger partial charge in [0.15, 0.2) is 0 Å². The van der Waals surface area contributed by atoms with Gasteiger partial charge in [-0.25, -0.2) is 8.78 Å². The van der Waals surface area contributed by atoms with Gasteiger partial charge in [-0.05, 0) is 53.4 Å². The van der Waals surface area contributed by atoms with Crippen LogP contribution in [0.1, 0.15) is 36.8 Å². The van der Waals surface area contributed by atoms with E-state index in [0.29, 0.717) is 31.7 Å². The minimum Gasteiger partial charge on any atom is -0.489 e. The fourth-order valence-corrected chi connectivity index (χ4v) is 3.31. The summed E-state index contributed by atoms with van der Waals surface area (Å²) in [4.78, 5) is 10.2. The lowest BCUT2D eigenvalue weighted by atomic mass is 9.94. The molecule has 0 amide bonds. The van der Waals surface area contributed by atoms with E-state index in [-0.39, 0.29) is 18.9 Å². The number of nitrogens with zero attached hydrogens (tertiary/aromatic N) is 1. The van der Waals surface area contributed by atoms with Gasteiger partial charge in [0.25, 0.3) is 0 Å². The van der Waals surface area contributed by atoms with Crippen molar-refractivity contribution in [1.29, 1.82) is 0 Å². The molecule has 0 aromatic heterocycles. The predicted molar refractivity (Wildman–Crippen MR) is 121 cm³/mol. The highest BCUT2D eigenvalue weighted by Gasteiger charge is 2.35. The summed E-state index contributed by atoms with van der Waals surface area (Å²) in [6.45, 7) is 1.05. The van der Waals surface area contributed by atoms with Gasteiger partial charge in [-0.2, -0.15) is 0 Å². The van der Waals surface area contributed by atoms with Crippen LogP contribution in [0.5, 0.6) is 5.75 Å². The van der Waals surface area contributed by atoms with Crippen LogP contribution in [-0.2, 0) is 18.0 Å². The van der Waals surface area contributed by atoms with Crippen molar-refractivity contribution in [3.8, 4) is 5.75 Å². The second-order valence-electron chi connectivity index (χ2n) is 7.71. The first-order chi connectivity index (χ1) is 15.5. The quantitative estimate of drug-likeness (QED) is 0.359. The van der Waals surface area contributed by atoms with Gasteiger partial charge in [0.1, 0.15) is 18.0 Å². The number of nitroso groups, excluding NO2 is 1. The Balaban J connectivity index is 0.000000181. The minimum atomic E-state index is -2.47. The molecule has 0 heterocycles. The first-order valence-electron chi connectivity index (χ1n) is 10.7. The smallest absolute Gasteiger partial charge is 0.248 e. The Morgan fingerprint density at radius 2 is 1.31 bits per heavy atom. The van der Waals surface area contributed by atoms with E-state index in [1.165, 1.54) is 0 Å². The zero-order chi connectivity index (χ0) is 22.7. The average molecular weight is 440 g/mol. The zero-order valence-corrected chi connectivity index (χ0v) is 17.8. The summed E-state index contributed by atoms with van der Waals surface area (Å²) in [6, 6.07) is 26.5. The van der Waals surface area contributed by atoms with Gasteiger partial charge >= 0.3 is 0 Å². The van der Waals surface area contributed by atoms with Crippen molar-refractivity contribution in [2.24, 2.45) is 5.18 Å². The number of rotatable bonds is 7. The van der Waals surface area contributed by atoms with Gasteiger partial charge in [0.05, 0.1) is 12.7 Å². The van der Waals surface area contributed by atoms with E-state index < -0.39 is 5.92 Å². The SMILES string of the molecule is FC1(F)CCC(OCc2ccccc2)CC1.O=Nc1ccc(OCc2ccccc2)cc1. The molecule has 0 spiro atoms. The number of halogens is 2. The van der Waals surface area contributed by atoms with Crippen LogP contribution in [0, 0.1) is 4.91 Å². The molecule has 1 aliphatic carbocycles. The minimum absolute atomic E-state index is 0.000156. The van der Waals surface area contributed by atoms with Crippen LogP contribution in [0.2, 0.25) is 0 Å². The maximum absolute atomic E-state index is 12.9. The Morgan fingerprint density at radius 1 is 0.781 bits per heavy atom. The van der Waals surface area contributed by atoms with Crippen molar-refractivity contribution >= 4 is 5.69 Å². The lowest BCUT2D eigenvalue weighted by molar-refractivity contribution is -0.0839. The lowest BCUT2D eigenvalue weighted by Crippen LogP contribution is -2.28. The first kappa shape index (κ1) is 23.5. The third-order valence-electron chi connectivity index (χ3n) is 5.18.